The van der Waals surface area contributed by atoms with Gasteiger partial charge in [0.25, 0.3) is 0 Å². The second-order valence-corrected chi connectivity index (χ2v) is 3.72. The highest BCUT2D eigenvalue weighted by Crippen LogP contribution is 2.23. The predicted molar refractivity (Wildman–Crippen MR) is 60.6 cm³/mol. The average Bonchev–Trinajstić information content (AvgIpc) is 2.83. The summed E-state index contributed by atoms with van der Waals surface area (Å²) in [4.78, 5) is 0. The number of halogens is 2. The Balaban J connectivity index is 2.35. The van der Waals surface area contributed by atoms with E-state index in [0.717, 1.165) is 18.2 Å². The average molecular weight is 237 g/mol. The minimum absolute atomic E-state index is 0.186. The van der Waals surface area contributed by atoms with Gasteiger partial charge in [0.05, 0.1) is 18.6 Å². The molecule has 0 fully saturated rings. The quantitative estimate of drug-likeness (QED) is 0.883. The Labute approximate surface area is 98.3 Å². The third-order valence-electron chi connectivity index (χ3n) is 2.56. The molecule has 0 bridgehead atoms. The molecule has 0 spiro atoms. The van der Waals surface area contributed by atoms with Crippen molar-refractivity contribution in [2.75, 3.05) is 6.54 Å². The van der Waals surface area contributed by atoms with E-state index in [4.69, 9.17) is 4.42 Å². The van der Waals surface area contributed by atoms with Gasteiger partial charge in [0, 0.05) is 5.56 Å². The molecule has 4 heteroatoms. The molecule has 1 unspecified atom stereocenters. The Morgan fingerprint density at radius 1 is 1.18 bits per heavy atom. The third kappa shape index (κ3) is 2.53. The van der Waals surface area contributed by atoms with E-state index in [1.165, 1.54) is 6.07 Å². The molecule has 1 heterocycles. The van der Waals surface area contributed by atoms with Gasteiger partial charge in [-0.1, -0.05) is 13.0 Å². The molecule has 0 aliphatic rings. The highest BCUT2D eigenvalue weighted by atomic mass is 19.2. The molecule has 2 rings (SSSR count). The number of benzene rings is 1. The number of hydrogen-bond acceptors (Lipinski definition) is 2. The number of nitrogens with one attached hydrogen (secondary N) is 1. The summed E-state index contributed by atoms with van der Waals surface area (Å²) in [6.45, 7) is 2.67. The smallest absolute Gasteiger partial charge is 0.159 e. The van der Waals surface area contributed by atoms with Crippen molar-refractivity contribution in [3.8, 4) is 0 Å². The van der Waals surface area contributed by atoms with Gasteiger partial charge in [-0.25, -0.2) is 8.78 Å². The lowest BCUT2D eigenvalue weighted by Gasteiger charge is -2.16. The normalized spacial score (nSPS) is 12.6. The zero-order valence-electron chi connectivity index (χ0n) is 9.41. The molecule has 0 saturated heterocycles. The Morgan fingerprint density at radius 3 is 2.59 bits per heavy atom. The molecule has 90 valence electrons. The molecular weight excluding hydrogens is 224 g/mol. The van der Waals surface area contributed by atoms with Gasteiger partial charge in [-0.15, -0.1) is 0 Å². The van der Waals surface area contributed by atoms with Crippen LogP contribution in [0.4, 0.5) is 8.78 Å². The molecule has 2 nitrogen and oxygen atoms in total. The van der Waals surface area contributed by atoms with E-state index in [2.05, 4.69) is 5.32 Å². The van der Waals surface area contributed by atoms with Gasteiger partial charge >= 0.3 is 0 Å². The Kier molecular flexibility index (Phi) is 3.54. The van der Waals surface area contributed by atoms with Gasteiger partial charge in [-0.2, -0.15) is 0 Å². The molecule has 1 atom stereocenters. The summed E-state index contributed by atoms with van der Waals surface area (Å²) < 4.78 is 31.1. The fraction of sp³-hybridized carbons (Fsp3) is 0.231. The largest absolute Gasteiger partial charge is 0.472 e. The fourth-order valence-electron chi connectivity index (χ4n) is 1.76. The summed E-state index contributed by atoms with van der Waals surface area (Å²) in [5, 5.41) is 3.20. The van der Waals surface area contributed by atoms with Crippen LogP contribution in [0.3, 0.4) is 0 Å². The summed E-state index contributed by atoms with van der Waals surface area (Å²) >= 11 is 0. The van der Waals surface area contributed by atoms with Crippen molar-refractivity contribution >= 4 is 0 Å². The summed E-state index contributed by atoms with van der Waals surface area (Å²) in [6, 6.07) is 5.52. The number of hydrogen-bond donors (Lipinski definition) is 1. The van der Waals surface area contributed by atoms with Crippen LogP contribution in [0, 0.1) is 11.6 Å². The summed E-state index contributed by atoms with van der Waals surface area (Å²) in [5.41, 5.74) is 1.56. The highest BCUT2D eigenvalue weighted by molar-refractivity contribution is 5.30. The van der Waals surface area contributed by atoms with Crippen LogP contribution >= 0.6 is 0 Å². The molecular formula is C13H13F2NO. The lowest BCUT2D eigenvalue weighted by molar-refractivity contribution is 0.503. The molecule has 0 amide bonds. The summed E-state index contributed by atoms with van der Waals surface area (Å²) in [5.74, 6) is -1.68. The van der Waals surface area contributed by atoms with Crippen molar-refractivity contribution in [2.45, 2.75) is 13.0 Å². The Morgan fingerprint density at radius 2 is 2.00 bits per heavy atom. The van der Waals surface area contributed by atoms with Crippen molar-refractivity contribution in [1.82, 2.24) is 5.32 Å². The van der Waals surface area contributed by atoms with E-state index < -0.39 is 11.6 Å². The van der Waals surface area contributed by atoms with Crippen molar-refractivity contribution in [3.05, 3.63) is 59.6 Å². The van der Waals surface area contributed by atoms with Crippen LogP contribution in [-0.4, -0.2) is 6.54 Å². The maximum absolute atomic E-state index is 13.2. The minimum Gasteiger partial charge on any atom is -0.472 e. The third-order valence-corrected chi connectivity index (χ3v) is 2.56. The number of furan rings is 1. The zero-order valence-corrected chi connectivity index (χ0v) is 9.41. The molecule has 0 saturated carbocycles. The van der Waals surface area contributed by atoms with Crippen LogP contribution in [0.5, 0.6) is 0 Å². The number of rotatable bonds is 4. The minimum atomic E-state index is -0.839. The van der Waals surface area contributed by atoms with Gasteiger partial charge in [-0.05, 0) is 30.3 Å². The second kappa shape index (κ2) is 5.10. The van der Waals surface area contributed by atoms with E-state index in [1.807, 2.05) is 6.92 Å². The topological polar surface area (TPSA) is 25.2 Å². The van der Waals surface area contributed by atoms with Crippen molar-refractivity contribution in [2.24, 2.45) is 0 Å². The van der Waals surface area contributed by atoms with Crippen molar-refractivity contribution < 1.29 is 13.2 Å². The van der Waals surface area contributed by atoms with E-state index in [-0.39, 0.29) is 6.04 Å². The maximum Gasteiger partial charge on any atom is 0.159 e. The highest BCUT2D eigenvalue weighted by Gasteiger charge is 2.15. The molecule has 1 aromatic carbocycles. The SMILES string of the molecule is CCNC(c1ccoc1)c1ccc(F)c(F)c1. The molecule has 1 aromatic heterocycles. The van der Waals surface area contributed by atoms with E-state index in [9.17, 15) is 8.78 Å². The second-order valence-electron chi connectivity index (χ2n) is 3.72. The van der Waals surface area contributed by atoms with E-state index in [1.54, 1.807) is 24.7 Å². The van der Waals surface area contributed by atoms with Gasteiger partial charge in [0.2, 0.25) is 0 Å². The van der Waals surface area contributed by atoms with E-state index in [0.29, 0.717) is 5.56 Å². The molecule has 1 N–H and O–H groups in total. The fourth-order valence-corrected chi connectivity index (χ4v) is 1.76. The summed E-state index contributed by atoms with van der Waals surface area (Å²) in [6.07, 6.45) is 3.15. The Hall–Kier alpha value is -1.68. The van der Waals surface area contributed by atoms with Crippen LogP contribution in [0.15, 0.2) is 41.2 Å². The Bertz CT molecular complexity index is 482. The van der Waals surface area contributed by atoms with Crippen LogP contribution in [0.1, 0.15) is 24.1 Å². The monoisotopic (exact) mass is 237 g/mol. The lowest BCUT2D eigenvalue weighted by atomic mass is 10.0. The van der Waals surface area contributed by atoms with E-state index >= 15 is 0 Å². The first-order valence-corrected chi connectivity index (χ1v) is 5.42. The van der Waals surface area contributed by atoms with Crippen LogP contribution < -0.4 is 5.32 Å². The molecule has 0 aliphatic carbocycles. The first-order chi connectivity index (χ1) is 8.22. The predicted octanol–water partition coefficient (Wildman–Crippen LogP) is 3.26. The van der Waals surface area contributed by atoms with Crippen LogP contribution in [0.2, 0.25) is 0 Å². The first-order valence-electron chi connectivity index (χ1n) is 5.42. The maximum atomic E-state index is 13.2. The molecule has 0 aliphatic heterocycles. The van der Waals surface area contributed by atoms with Crippen molar-refractivity contribution in [3.63, 3.8) is 0 Å². The van der Waals surface area contributed by atoms with Crippen LogP contribution in [0.25, 0.3) is 0 Å². The van der Waals surface area contributed by atoms with Crippen molar-refractivity contribution in [1.29, 1.82) is 0 Å². The van der Waals surface area contributed by atoms with Gasteiger partial charge in [0.15, 0.2) is 11.6 Å². The van der Waals surface area contributed by atoms with Gasteiger partial charge < -0.3 is 9.73 Å². The lowest BCUT2D eigenvalue weighted by Crippen LogP contribution is -2.21. The van der Waals surface area contributed by atoms with Crippen LogP contribution in [-0.2, 0) is 0 Å². The first kappa shape index (κ1) is 11.8. The van der Waals surface area contributed by atoms with Gasteiger partial charge in [0.1, 0.15) is 0 Å². The standard InChI is InChI=1S/C13H13F2NO/c1-2-16-13(10-5-6-17-8-10)9-3-4-11(14)12(15)7-9/h3-8,13,16H,2H2,1H3. The molecule has 0 radical (unpaired) electrons. The molecule has 2 aromatic rings. The summed E-state index contributed by atoms with van der Waals surface area (Å²) in [7, 11) is 0. The molecule has 17 heavy (non-hydrogen) atoms. The van der Waals surface area contributed by atoms with Gasteiger partial charge in [-0.3, -0.25) is 0 Å². The zero-order chi connectivity index (χ0) is 12.3.